The molecule has 80 valence electrons. The van der Waals surface area contributed by atoms with Crippen molar-refractivity contribution in [1.29, 1.82) is 0 Å². The van der Waals surface area contributed by atoms with E-state index in [1.54, 1.807) is 18.5 Å². The first-order valence-corrected chi connectivity index (χ1v) is 5.59. The van der Waals surface area contributed by atoms with Gasteiger partial charge in [-0.05, 0) is 29.8 Å². The zero-order valence-corrected chi connectivity index (χ0v) is 9.04. The lowest BCUT2D eigenvalue weighted by molar-refractivity contribution is 0.628. The SMILES string of the molecule is Nc1ncn2c(-c3ccc(F)cc3)csc12. The monoisotopic (exact) mass is 233 g/mol. The number of hydrogen-bond donors (Lipinski definition) is 1. The Kier molecular flexibility index (Phi) is 1.94. The Morgan fingerprint density at radius 1 is 1.25 bits per heavy atom. The molecule has 5 heteroatoms. The minimum Gasteiger partial charge on any atom is -0.381 e. The topological polar surface area (TPSA) is 43.3 Å². The minimum atomic E-state index is -0.236. The summed E-state index contributed by atoms with van der Waals surface area (Å²) in [4.78, 5) is 4.95. The number of anilines is 1. The van der Waals surface area contributed by atoms with E-state index < -0.39 is 0 Å². The third kappa shape index (κ3) is 1.29. The van der Waals surface area contributed by atoms with Crippen LogP contribution in [0.4, 0.5) is 10.2 Å². The van der Waals surface area contributed by atoms with Crippen molar-refractivity contribution in [3.05, 3.63) is 41.8 Å². The van der Waals surface area contributed by atoms with Gasteiger partial charge in [-0.3, -0.25) is 4.40 Å². The van der Waals surface area contributed by atoms with E-state index in [2.05, 4.69) is 4.98 Å². The average Bonchev–Trinajstić information content (AvgIpc) is 2.84. The van der Waals surface area contributed by atoms with Crippen molar-refractivity contribution in [1.82, 2.24) is 9.38 Å². The van der Waals surface area contributed by atoms with Crippen LogP contribution in [0.1, 0.15) is 0 Å². The highest BCUT2D eigenvalue weighted by atomic mass is 32.1. The lowest BCUT2D eigenvalue weighted by Gasteiger charge is -1.98. The summed E-state index contributed by atoms with van der Waals surface area (Å²) in [5.41, 5.74) is 7.64. The van der Waals surface area contributed by atoms with Gasteiger partial charge in [-0.1, -0.05) is 0 Å². The molecule has 2 aromatic heterocycles. The van der Waals surface area contributed by atoms with Gasteiger partial charge in [0, 0.05) is 5.38 Å². The molecule has 0 saturated carbocycles. The maximum absolute atomic E-state index is 12.8. The quantitative estimate of drug-likeness (QED) is 0.702. The Morgan fingerprint density at radius 3 is 2.75 bits per heavy atom. The van der Waals surface area contributed by atoms with E-state index in [0.717, 1.165) is 16.1 Å². The molecule has 0 atom stereocenters. The van der Waals surface area contributed by atoms with E-state index >= 15 is 0 Å². The van der Waals surface area contributed by atoms with Crippen molar-refractivity contribution >= 4 is 22.0 Å². The normalized spacial score (nSPS) is 11.1. The van der Waals surface area contributed by atoms with Gasteiger partial charge in [-0.25, -0.2) is 9.37 Å². The van der Waals surface area contributed by atoms with Gasteiger partial charge in [-0.15, -0.1) is 11.3 Å². The van der Waals surface area contributed by atoms with Gasteiger partial charge in [0.15, 0.2) is 5.82 Å². The molecule has 0 aliphatic heterocycles. The van der Waals surface area contributed by atoms with E-state index in [-0.39, 0.29) is 5.82 Å². The number of nitrogens with two attached hydrogens (primary N) is 1. The highest BCUT2D eigenvalue weighted by Gasteiger charge is 2.09. The highest BCUT2D eigenvalue weighted by molar-refractivity contribution is 7.16. The van der Waals surface area contributed by atoms with Crippen LogP contribution >= 0.6 is 11.3 Å². The Balaban J connectivity index is 2.22. The van der Waals surface area contributed by atoms with E-state index in [9.17, 15) is 4.39 Å². The number of thiazole rings is 1. The summed E-state index contributed by atoms with van der Waals surface area (Å²) in [6, 6.07) is 6.37. The molecule has 0 fully saturated rings. The van der Waals surface area contributed by atoms with E-state index in [0.29, 0.717) is 5.82 Å². The second-order valence-corrected chi connectivity index (χ2v) is 4.29. The molecule has 0 spiro atoms. The predicted octanol–water partition coefficient (Wildman–Crippen LogP) is 2.78. The molecule has 3 aromatic rings. The standard InChI is InChI=1S/C11H8FN3S/c12-8-3-1-7(2-4-8)9-5-16-11-10(13)14-6-15(9)11/h1-6H,13H2. The number of hydrogen-bond acceptors (Lipinski definition) is 3. The van der Waals surface area contributed by atoms with Crippen LogP contribution in [-0.4, -0.2) is 9.38 Å². The zero-order valence-electron chi connectivity index (χ0n) is 8.22. The van der Waals surface area contributed by atoms with Crippen LogP contribution in [-0.2, 0) is 0 Å². The fourth-order valence-corrected chi connectivity index (χ4v) is 2.54. The average molecular weight is 233 g/mol. The van der Waals surface area contributed by atoms with E-state index in [1.807, 2.05) is 9.78 Å². The Morgan fingerprint density at radius 2 is 2.00 bits per heavy atom. The number of fused-ring (bicyclic) bond motifs is 1. The molecular formula is C11H8FN3S. The van der Waals surface area contributed by atoms with Crippen LogP contribution in [0, 0.1) is 5.82 Å². The molecule has 0 bridgehead atoms. The molecule has 2 heterocycles. The lowest BCUT2D eigenvalue weighted by Crippen LogP contribution is -1.84. The molecule has 3 nitrogen and oxygen atoms in total. The van der Waals surface area contributed by atoms with Crippen LogP contribution in [0.2, 0.25) is 0 Å². The highest BCUT2D eigenvalue weighted by Crippen LogP contribution is 2.28. The van der Waals surface area contributed by atoms with Crippen molar-refractivity contribution in [3.63, 3.8) is 0 Å². The smallest absolute Gasteiger partial charge is 0.160 e. The fraction of sp³-hybridized carbons (Fsp3) is 0. The molecule has 0 amide bonds. The molecule has 0 radical (unpaired) electrons. The van der Waals surface area contributed by atoms with Crippen molar-refractivity contribution in [2.24, 2.45) is 0 Å². The van der Waals surface area contributed by atoms with Crippen molar-refractivity contribution in [2.45, 2.75) is 0 Å². The van der Waals surface area contributed by atoms with Gasteiger partial charge in [0.05, 0.1) is 5.69 Å². The van der Waals surface area contributed by atoms with Crippen molar-refractivity contribution in [3.8, 4) is 11.3 Å². The van der Waals surface area contributed by atoms with Crippen LogP contribution < -0.4 is 5.73 Å². The summed E-state index contributed by atoms with van der Waals surface area (Å²) in [6.45, 7) is 0. The maximum atomic E-state index is 12.8. The summed E-state index contributed by atoms with van der Waals surface area (Å²) in [6.07, 6.45) is 1.68. The van der Waals surface area contributed by atoms with Crippen LogP contribution in [0.5, 0.6) is 0 Å². The minimum absolute atomic E-state index is 0.236. The molecular weight excluding hydrogens is 225 g/mol. The maximum Gasteiger partial charge on any atom is 0.160 e. The van der Waals surface area contributed by atoms with Crippen LogP contribution in [0.25, 0.3) is 16.1 Å². The fourth-order valence-electron chi connectivity index (χ4n) is 1.64. The summed E-state index contributed by atoms with van der Waals surface area (Å²) in [5.74, 6) is 0.290. The molecule has 2 N–H and O–H groups in total. The third-order valence-electron chi connectivity index (χ3n) is 2.43. The molecule has 0 saturated heterocycles. The molecule has 3 rings (SSSR count). The second kappa shape index (κ2) is 3.31. The third-order valence-corrected chi connectivity index (χ3v) is 3.40. The number of halogens is 1. The number of rotatable bonds is 1. The van der Waals surface area contributed by atoms with Gasteiger partial charge in [0.2, 0.25) is 0 Å². The first kappa shape index (κ1) is 9.35. The zero-order chi connectivity index (χ0) is 11.1. The molecule has 0 unspecified atom stereocenters. The van der Waals surface area contributed by atoms with Crippen LogP contribution in [0.3, 0.4) is 0 Å². The molecule has 16 heavy (non-hydrogen) atoms. The van der Waals surface area contributed by atoms with Crippen molar-refractivity contribution < 1.29 is 4.39 Å². The van der Waals surface area contributed by atoms with Gasteiger partial charge >= 0.3 is 0 Å². The van der Waals surface area contributed by atoms with Gasteiger partial charge in [0.1, 0.15) is 17.0 Å². The summed E-state index contributed by atoms with van der Waals surface area (Å²) in [5, 5.41) is 1.99. The van der Waals surface area contributed by atoms with Gasteiger partial charge < -0.3 is 5.73 Å². The second-order valence-electron chi connectivity index (χ2n) is 3.43. The lowest BCUT2D eigenvalue weighted by atomic mass is 10.2. The van der Waals surface area contributed by atoms with Crippen LogP contribution in [0.15, 0.2) is 36.0 Å². The van der Waals surface area contributed by atoms with E-state index in [1.165, 1.54) is 23.5 Å². The predicted molar refractivity (Wildman–Crippen MR) is 62.9 cm³/mol. The Labute approximate surface area is 95.0 Å². The number of benzene rings is 1. The molecule has 1 aromatic carbocycles. The summed E-state index contributed by atoms with van der Waals surface area (Å²) in [7, 11) is 0. The Bertz CT molecular complexity index is 639. The van der Waals surface area contributed by atoms with Gasteiger partial charge in [0.25, 0.3) is 0 Å². The first-order valence-electron chi connectivity index (χ1n) is 4.71. The number of aromatic nitrogens is 2. The number of nitrogens with zero attached hydrogens (tertiary/aromatic N) is 2. The molecule has 0 aliphatic rings. The number of nitrogen functional groups attached to an aromatic ring is 1. The van der Waals surface area contributed by atoms with E-state index in [4.69, 9.17) is 5.73 Å². The molecule has 0 aliphatic carbocycles. The number of imidazole rings is 1. The largest absolute Gasteiger partial charge is 0.381 e. The Hall–Kier alpha value is -1.88. The van der Waals surface area contributed by atoms with Crippen molar-refractivity contribution in [2.75, 3.05) is 5.73 Å². The summed E-state index contributed by atoms with van der Waals surface area (Å²) < 4.78 is 14.7. The van der Waals surface area contributed by atoms with Gasteiger partial charge in [-0.2, -0.15) is 0 Å². The first-order chi connectivity index (χ1) is 7.75. The summed E-state index contributed by atoms with van der Waals surface area (Å²) >= 11 is 1.53.